The highest BCUT2D eigenvalue weighted by Crippen LogP contribution is 2.18. The summed E-state index contributed by atoms with van der Waals surface area (Å²) < 4.78 is 0. The first kappa shape index (κ1) is 13.7. The third-order valence-electron chi connectivity index (χ3n) is 2.30. The van der Waals surface area contributed by atoms with Gasteiger partial charge in [-0.1, -0.05) is 18.7 Å². The molecule has 2 unspecified atom stereocenters. The van der Waals surface area contributed by atoms with Crippen molar-refractivity contribution in [2.24, 2.45) is 11.0 Å². The van der Waals surface area contributed by atoms with Crippen molar-refractivity contribution in [3.05, 3.63) is 0 Å². The molecule has 1 aliphatic rings. The number of carbonyl (C=O) groups excluding carboxylic acids is 2. The number of amides is 1. The normalized spacial score (nSPS) is 20.4. The lowest BCUT2D eigenvalue weighted by atomic mass is 10.1. The number of nitrogens with zero attached hydrogens (tertiary/aromatic N) is 2. The molecule has 0 radical (unpaired) electrons. The molecule has 7 heteroatoms. The van der Waals surface area contributed by atoms with Gasteiger partial charge in [0.05, 0.1) is 0 Å². The summed E-state index contributed by atoms with van der Waals surface area (Å²) in [5, 5.41) is 13.6. The molecule has 0 fully saturated rings. The Morgan fingerprint density at radius 3 is 2.76 bits per heavy atom. The van der Waals surface area contributed by atoms with Crippen molar-refractivity contribution in [1.29, 1.82) is 0 Å². The maximum Gasteiger partial charge on any atom is 0.329 e. The van der Waals surface area contributed by atoms with Crippen LogP contribution in [-0.2, 0) is 14.4 Å². The molecule has 0 saturated carbocycles. The van der Waals surface area contributed by atoms with Crippen LogP contribution in [0.4, 0.5) is 0 Å². The molecule has 0 aromatic heterocycles. The number of carboxylic acids is 1. The van der Waals surface area contributed by atoms with Crippen LogP contribution in [0.5, 0.6) is 0 Å². The van der Waals surface area contributed by atoms with E-state index in [4.69, 9.17) is 5.11 Å². The number of aliphatic carboxylic acids is 1. The minimum absolute atomic E-state index is 0.0654. The van der Waals surface area contributed by atoms with E-state index in [0.29, 0.717) is 5.75 Å². The molecule has 0 aliphatic carbocycles. The number of thioether (sulfide) groups is 1. The van der Waals surface area contributed by atoms with E-state index in [9.17, 15) is 14.4 Å². The van der Waals surface area contributed by atoms with Crippen molar-refractivity contribution in [3.63, 3.8) is 0 Å². The summed E-state index contributed by atoms with van der Waals surface area (Å²) in [6, 6.07) is -0.910. The average molecular weight is 258 g/mol. The number of carboxylic acid groups (broad SMARTS) is 1. The van der Waals surface area contributed by atoms with Crippen molar-refractivity contribution >= 4 is 35.0 Å². The first-order valence-electron chi connectivity index (χ1n) is 5.15. The zero-order valence-electron chi connectivity index (χ0n) is 9.62. The van der Waals surface area contributed by atoms with Crippen LogP contribution in [0, 0.1) is 5.92 Å². The maximum atomic E-state index is 11.9. The van der Waals surface area contributed by atoms with E-state index < -0.39 is 17.9 Å². The average Bonchev–Trinajstić information content (AvgIpc) is 2.73. The Bertz CT molecular complexity index is 369. The SMILES string of the molecule is CC(=O)SCC(C)C(=O)N1N=CCC1C(=O)O. The molecule has 1 aliphatic heterocycles. The number of carbonyl (C=O) groups is 3. The Balaban J connectivity index is 2.59. The monoisotopic (exact) mass is 258 g/mol. The largest absolute Gasteiger partial charge is 0.480 e. The lowest BCUT2D eigenvalue weighted by Gasteiger charge is -2.21. The number of rotatable bonds is 4. The molecule has 0 saturated heterocycles. The third-order valence-corrected chi connectivity index (χ3v) is 3.37. The second kappa shape index (κ2) is 5.81. The second-order valence-corrected chi connectivity index (χ2v) is 4.97. The van der Waals surface area contributed by atoms with Gasteiger partial charge in [-0.2, -0.15) is 5.10 Å². The van der Waals surface area contributed by atoms with Gasteiger partial charge < -0.3 is 5.11 Å². The standard InChI is InChI=1S/C10H14N2O4S/c1-6(5-17-7(2)13)9(14)12-8(10(15)16)3-4-11-12/h4,6,8H,3,5H2,1-2H3,(H,15,16). The van der Waals surface area contributed by atoms with Crippen LogP contribution < -0.4 is 0 Å². The molecule has 0 spiro atoms. The van der Waals surface area contributed by atoms with Gasteiger partial charge in [-0.25, -0.2) is 9.80 Å². The Hall–Kier alpha value is -1.37. The molecule has 1 amide bonds. The number of hydrogen-bond acceptors (Lipinski definition) is 5. The van der Waals surface area contributed by atoms with E-state index in [0.717, 1.165) is 16.8 Å². The summed E-state index contributed by atoms with van der Waals surface area (Å²) in [5.74, 6) is -1.52. The quantitative estimate of drug-likeness (QED) is 0.796. The summed E-state index contributed by atoms with van der Waals surface area (Å²) >= 11 is 1.05. The zero-order chi connectivity index (χ0) is 13.0. The number of hydrogen-bond donors (Lipinski definition) is 1. The van der Waals surface area contributed by atoms with Gasteiger partial charge in [0.2, 0.25) is 5.91 Å². The lowest BCUT2D eigenvalue weighted by Crippen LogP contribution is -2.41. The molecule has 6 nitrogen and oxygen atoms in total. The van der Waals surface area contributed by atoms with Gasteiger partial charge in [0.15, 0.2) is 11.2 Å². The minimum atomic E-state index is -1.07. The van der Waals surface area contributed by atoms with Crippen LogP contribution in [0.25, 0.3) is 0 Å². The summed E-state index contributed by atoms with van der Waals surface area (Å²) in [6.07, 6.45) is 1.65. The summed E-state index contributed by atoms with van der Waals surface area (Å²) in [6.45, 7) is 3.08. The topological polar surface area (TPSA) is 87.0 Å². The van der Waals surface area contributed by atoms with Crippen molar-refractivity contribution < 1.29 is 19.5 Å². The maximum absolute atomic E-state index is 11.9. The molecule has 94 valence electrons. The highest BCUT2D eigenvalue weighted by Gasteiger charge is 2.34. The third kappa shape index (κ3) is 3.55. The predicted octanol–water partition coefficient (Wildman–Crippen LogP) is 0.573. The Morgan fingerprint density at radius 1 is 1.59 bits per heavy atom. The van der Waals surface area contributed by atoms with E-state index in [-0.39, 0.29) is 17.4 Å². The smallest absolute Gasteiger partial charge is 0.329 e. The van der Waals surface area contributed by atoms with E-state index in [2.05, 4.69) is 5.10 Å². The fourth-order valence-corrected chi connectivity index (χ4v) is 2.00. The molecule has 0 bridgehead atoms. The van der Waals surface area contributed by atoms with Gasteiger partial charge in [0.25, 0.3) is 0 Å². The predicted molar refractivity (Wildman–Crippen MR) is 63.7 cm³/mol. The van der Waals surface area contributed by atoms with Gasteiger partial charge in [0.1, 0.15) is 0 Å². The molecule has 0 aromatic carbocycles. The fourth-order valence-electron chi connectivity index (χ4n) is 1.37. The molecule has 1 N–H and O–H groups in total. The van der Waals surface area contributed by atoms with E-state index >= 15 is 0 Å². The van der Waals surface area contributed by atoms with Crippen LogP contribution in [0.3, 0.4) is 0 Å². The molecule has 1 heterocycles. The lowest BCUT2D eigenvalue weighted by molar-refractivity contribution is -0.150. The van der Waals surface area contributed by atoms with E-state index in [1.165, 1.54) is 13.1 Å². The van der Waals surface area contributed by atoms with Gasteiger partial charge in [-0.15, -0.1) is 0 Å². The van der Waals surface area contributed by atoms with Crippen LogP contribution in [0.15, 0.2) is 5.10 Å². The first-order valence-corrected chi connectivity index (χ1v) is 6.13. The van der Waals surface area contributed by atoms with Crippen LogP contribution in [0.1, 0.15) is 20.3 Å². The van der Waals surface area contributed by atoms with Crippen molar-refractivity contribution in [2.45, 2.75) is 26.3 Å². The molecule has 0 aromatic rings. The highest BCUT2D eigenvalue weighted by molar-refractivity contribution is 8.13. The van der Waals surface area contributed by atoms with Crippen molar-refractivity contribution in [1.82, 2.24) is 5.01 Å². The summed E-state index contributed by atoms with van der Waals surface area (Å²) in [4.78, 5) is 33.5. The van der Waals surface area contributed by atoms with Gasteiger partial charge in [0, 0.05) is 31.2 Å². The number of hydrazone groups is 1. The van der Waals surface area contributed by atoms with E-state index in [1.54, 1.807) is 6.92 Å². The molecule has 1 rings (SSSR count). The molecule has 2 atom stereocenters. The van der Waals surface area contributed by atoms with Crippen LogP contribution in [-0.4, -0.2) is 45.1 Å². The summed E-state index contributed by atoms with van der Waals surface area (Å²) in [5.41, 5.74) is 0. The minimum Gasteiger partial charge on any atom is -0.480 e. The first-order chi connectivity index (χ1) is 7.93. The van der Waals surface area contributed by atoms with Crippen LogP contribution >= 0.6 is 11.8 Å². The van der Waals surface area contributed by atoms with Gasteiger partial charge >= 0.3 is 5.97 Å². The summed E-state index contributed by atoms with van der Waals surface area (Å²) in [7, 11) is 0. The van der Waals surface area contributed by atoms with E-state index in [1.807, 2.05) is 0 Å². The Kier molecular flexibility index (Phi) is 4.68. The highest BCUT2D eigenvalue weighted by atomic mass is 32.2. The molecular weight excluding hydrogens is 244 g/mol. The molecule has 17 heavy (non-hydrogen) atoms. The zero-order valence-corrected chi connectivity index (χ0v) is 10.4. The van der Waals surface area contributed by atoms with Crippen molar-refractivity contribution in [3.8, 4) is 0 Å². The Labute approximate surface area is 103 Å². The fraction of sp³-hybridized carbons (Fsp3) is 0.600. The molecular formula is C10H14N2O4S. The Morgan fingerprint density at radius 2 is 2.24 bits per heavy atom. The van der Waals surface area contributed by atoms with Crippen molar-refractivity contribution in [2.75, 3.05) is 5.75 Å². The van der Waals surface area contributed by atoms with Crippen LogP contribution in [0.2, 0.25) is 0 Å². The van der Waals surface area contributed by atoms with Gasteiger partial charge in [-0.3, -0.25) is 9.59 Å². The van der Waals surface area contributed by atoms with Gasteiger partial charge in [-0.05, 0) is 0 Å². The second-order valence-electron chi connectivity index (χ2n) is 3.77.